The molecule has 0 aliphatic carbocycles. The summed E-state index contributed by atoms with van der Waals surface area (Å²) < 4.78 is 2.36. The molecule has 1 atom stereocenters. The Labute approximate surface area is 103 Å². The van der Waals surface area contributed by atoms with Crippen molar-refractivity contribution in [2.45, 2.75) is 39.8 Å². The number of fused-ring (bicyclic) bond motifs is 1. The molecule has 0 spiro atoms. The van der Waals surface area contributed by atoms with Crippen LogP contribution < -0.4 is 5.73 Å². The van der Waals surface area contributed by atoms with E-state index >= 15 is 0 Å². The number of aromatic nitrogens is 1. The predicted octanol–water partition coefficient (Wildman–Crippen LogP) is 3.54. The number of rotatable bonds is 5. The molecule has 0 amide bonds. The molecule has 1 aromatic heterocycles. The van der Waals surface area contributed by atoms with Gasteiger partial charge in [-0.2, -0.15) is 0 Å². The van der Waals surface area contributed by atoms with Crippen molar-refractivity contribution in [1.82, 2.24) is 4.57 Å². The number of benzene rings is 1. The fourth-order valence-electron chi connectivity index (χ4n) is 2.54. The normalized spacial score (nSPS) is 13.1. The van der Waals surface area contributed by atoms with Gasteiger partial charge in [-0.3, -0.25) is 0 Å². The molecule has 17 heavy (non-hydrogen) atoms. The topological polar surface area (TPSA) is 30.9 Å². The third-order valence-electron chi connectivity index (χ3n) is 3.41. The average molecular weight is 230 g/mol. The summed E-state index contributed by atoms with van der Waals surface area (Å²) in [5.74, 6) is 0.733. The first-order valence-electron chi connectivity index (χ1n) is 6.53. The standard InChI is InChI=1S/C15H22N2/c1-3-5-12(2)11-17-9-8-14-13(10-16)6-4-7-15(14)17/h4,6-9,12H,3,5,10-11,16H2,1-2H3. The molecular formula is C15H22N2. The Morgan fingerprint density at radius 3 is 2.82 bits per heavy atom. The van der Waals surface area contributed by atoms with Crippen molar-refractivity contribution in [1.29, 1.82) is 0 Å². The van der Waals surface area contributed by atoms with Crippen molar-refractivity contribution < 1.29 is 0 Å². The van der Waals surface area contributed by atoms with Gasteiger partial charge >= 0.3 is 0 Å². The lowest BCUT2D eigenvalue weighted by Crippen LogP contribution is -2.06. The summed E-state index contributed by atoms with van der Waals surface area (Å²) in [5.41, 5.74) is 8.32. The third-order valence-corrected chi connectivity index (χ3v) is 3.41. The number of hydrogen-bond acceptors (Lipinski definition) is 1. The Morgan fingerprint density at radius 2 is 2.12 bits per heavy atom. The molecular weight excluding hydrogens is 208 g/mol. The molecule has 2 nitrogen and oxygen atoms in total. The molecule has 1 aromatic carbocycles. The van der Waals surface area contributed by atoms with Crippen LogP contribution in [0.5, 0.6) is 0 Å². The summed E-state index contributed by atoms with van der Waals surface area (Å²) in [6.45, 7) is 6.29. The lowest BCUT2D eigenvalue weighted by atomic mass is 10.1. The predicted molar refractivity (Wildman–Crippen MR) is 73.9 cm³/mol. The van der Waals surface area contributed by atoms with E-state index in [1.165, 1.54) is 29.3 Å². The third kappa shape index (κ3) is 2.52. The van der Waals surface area contributed by atoms with Gasteiger partial charge in [0.1, 0.15) is 0 Å². The highest BCUT2D eigenvalue weighted by atomic mass is 15.0. The van der Waals surface area contributed by atoms with Gasteiger partial charge in [0.15, 0.2) is 0 Å². The highest BCUT2D eigenvalue weighted by Gasteiger charge is 2.07. The van der Waals surface area contributed by atoms with Gasteiger partial charge < -0.3 is 10.3 Å². The van der Waals surface area contributed by atoms with Crippen molar-refractivity contribution in [3.8, 4) is 0 Å². The summed E-state index contributed by atoms with van der Waals surface area (Å²) in [4.78, 5) is 0. The van der Waals surface area contributed by atoms with Crippen LogP contribution in [0.4, 0.5) is 0 Å². The first-order chi connectivity index (χ1) is 8.26. The van der Waals surface area contributed by atoms with Gasteiger partial charge in [0.05, 0.1) is 0 Å². The van der Waals surface area contributed by atoms with Crippen LogP contribution in [0.15, 0.2) is 30.5 Å². The minimum absolute atomic E-state index is 0.617. The van der Waals surface area contributed by atoms with Crippen LogP contribution in [-0.4, -0.2) is 4.57 Å². The molecule has 2 heteroatoms. The Morgan fingerprint density at radius 1 is 1.29 bits per heavy atom. The van der Waals surface area contributed by atoms with Crippen LogP contribution in [0, 0.1) is 5.92 Å². The molecule has 92 valence electrons. The maximum absolute atomic E-state index is 5.76. The second kappa shape index (κ2) is 5.37. The van der Waals surface area contributed by atoms with E-state index in [0.29, 0.717) is 6.54 Å². The molecule has 1 unspecified atom stereocenters. The summed E-state index contributed by atoms with van der Waals surface area (Å²) in [5, 5.41) is 1.30. The van der Waals surface area contributed by atoms with Gasteiger partial charge in [-0.05, 0) is 30.0 Å². The number of nitrogens with two attached hydrogens (primary N) is 1. The largest absolute Gasteiger partial charge is 0.347 e. The average Bonchev–Trinajstić information content (AvgIpc) is 2.73. The van der Waals surface area contributed by atoms with Crippen molar-refractivity contribution in [2.75, 3.05) is 0 Å². The Hall–Kier alpha value is -1.28. The summed E-state index contributed by atoms with van der Waals surface area (Å²) in [6.07, 6.45) is 4.74. The molecule has 2 rings (SSSR count). The molecule has 0 saturated heterocycles. The molecule has 2 N–H and O–H groups in total. The smallest absolute Gasteiger partial charge is 0.0483 e. The van der Waals surface area contributed by atoms with Crippen LogP contribution in [0.2, 0.25) is 0 Å². The van der Waals surface area contributed by atoms with Crippen molar-refractivity contribution in [3.05, 3.63) is 36.0 Å². The second-order valence-corrected chi connectivity index (χ2v) is 4.92. The zero-order valence-corrected chi connectivity index (χ0v) is 10.8. The lowest BCUT2D eigenvalue weighted by molar-refractivity contribution is 0.453. The first kappa shape index (κ1) is 12.2. The zero-order valence-electron chi connectivity index (χ0n) is 10.8. The highest BCUT2D eigenvalue weighted by Crippen LogP contribution is 2.21. The van der Waals surface area contributed by atoms with Crippen molar-refractivity contribution in [3.63, 3.8) is 0 Å². The molecule has 2 aromatic rings. The van der Waals surface area contributed by atoms with Crippen LogP contribution in [0.25, 0.3) is 10.9 Å². The summed E-state index contributed by atoms with van der Waals surface area (Å²) >= 11 is 0. The molecule has 0 aliphatic heterocycles. The maximum atomic E-state index is 5.76. The Bertz CT molecular complexity index is 485. The number of nitrogens with zero attached hydrogens (tertiary/aromatic N) is 1. The molecule has 0 radical (unpaired) electrons. The molecule has 0 saturated carbocycles. The summed E-state index contributed by atoms with van der Waals surface area (Å²) in [7, 11) is 0. The van der Waals surface area contributed by atoms with E-state index in [9.17, 15) is 0 Å². The van der Waals surface area contributed by atoms with Crippen LogP contribution in [0.1, 0.15) is 32.3 Å². The van der Waals surface area contributed by atoms with E-state index in [1.807, 2.05) is 0 Å². The molecule has 0 fully saturated rings. The van der Waals surface area contributed by atoms with E-state index in [1.54, 1.807) is 0 Å². The van der Waals surface area contributed by atoms with Crippen LogP contribution in [-0.2, 0) is 13.1 Å². The minimum atomic E-state index is 0.617. The molecule has 0 aliphatic rings. The second-order valence-electron chi connectivity index (χ2n) is 4.92. The van der Waals surface area contributed by atoms with Crippen LogP contribution in [0.3, 0.4) is 0 Å². The van der Waals surface area contributed by atoms with Crippen molar-refractivity contribution in [2.24, 2.45) is 11.7 Å². The fraction of sp³-hybridized carbons (Fsp3) is 0.467. The van der Waals surface area contributed by atoms with Gasteiger partial charge in [-0.1, -0.05) is 32.4 Å². The van der Waals surface area contributed by atoms with Gasteiger partial charge in [-0.25, -0.2) is 0 Å². The first-order valence-corrected chi connectivity index (χ1v) is 6.53. The highest BCUT2D eigenvalue weighted by molar-refractivity contribution is 5.83. The van der Waals surface area contributed by atoms with E-state index < -0.39 is 0 Å². The van der Waals surface area contributed by atoms with Crippen LogP contribution >= 0.6 is 0 Å². The molecule has 0 bridgehead atoms. The van der Waals surface area contributed by atoms with E-state index in [2.05, 4.69) is 48.9 Å². The lowest BCUT2D eigenvalue weighted by Gasteiger charge is -2.12. The maximum Gasteiger partial charge on any atom is 0.0483 e. The Balaban J connectivity index is 2.30. The van der Waals surface area contributed by atoms with E-state index in [-0.39, 0.29) is 0 Å². The van der Waals surface area contributed by atoms with Crippen molar-refractivity contribution >= 4 is 10.9 Å². The SMILES string of the molecule is CCCC(C)Cn1ccc2c(CN)cccc21. The van der Waals surface area contributed by atoms with E-state index in [0.717, 1.165) is 12.5 Å². The monoisotopic (exact) mass is 230 g/mol. The zero-order chi connectivity index (χ0) is 12.3. The van der Waals surface area contributed by atoms with Gasteiger partial charge in [0.2, 0.25) is 0 Å². The van der Waals surface area contributed by atoms with Gasteiger partial charge in [0, 0.05) is 30.2 Å². The fourth-order valence-corrected chi connectivity index (χ4v) is 2.54. The van der Waals surface area contributed by atoms with E-state index in [4.69, 9.17) is 5.73 Å². The van der Waals surface area contributed by atoms with Gasteiger partial charge in [0.25, 0.3) is 0 Å². The quantitative estimate of drug-likeness (QED) is 0.837. The van der Waals surface area contributed by atoms with Gasteiger partial charge in [-0.15, -0.1) is 0 Å². The Kier molecular flexibility index (Phi) is 3.85. The number of hydrogen-bond donors (Lipinski definition) is 1. The molecule has 1 heterocycles. The minimum Gasteiger partial charge on any atom is -0.347 e. The summed E-state index contributed by atoms with van der Waals surface area (Å²) in [6, 6.07) is 8.59.